The van der Waals surface area contributed by atoms with Crippen molar-refractivity contribution in [2.24, 2.45) is 0 Å². The van der Waals surface area contributed by atoms with Crippen molar-refractivity contribution < 1.29 is 13.9 Å². The molecular formula is C17H15BrFNO2. The van der Waals surface area contributed by atoms with Gasteiger partial charge in [0.15, 0.2) is 0 Å². The number of hydrogen-bond acceptors (Lipinski definition) is 2. The summed E-state index contributed by atoms with van der Waals surface area (Å²) < 4.78 is 19.8. The van der Waals surface area contributed by atoms with E-state index in [4.69, 9.17) is 4.74 Å². The molecule has 0 saturated heterocycles. The maximum atomic E-state index is 13.7. The molecule has 5 heteroatoms. The average Bonchev–Trinajstić information content (AvgIpc) is 2.48. The van der Waals surface area contributed by atoms with E-state index in [0.717, 1.165) is 5.57 Å². The zero-order chi connectivity index (χ0) is 16.1. The van der Waals surface area contributed by atoms with Crippen LogP contribution in [0.5, 0.6) is 5.75 Å². The molecule has 0 radical (unpaired) electrons. The van der Waals surface area contributed by atoms with E-state index >= 15 is 0 Å². The highest BCUT2D eigenvalue weighted by molar-refractivity contribution is 9.10. The summed E-state index contributed by atoms with van der Waals surface area (Å²) in [5.41, 5.74) is 1.40. The second-order valence-corrected chi connectivity index (χ2v) is 5.77. The van der Waals surface area contributed by atoms with Gasteiger partial charge in [-0.15, -0.1) is 0 Å². The Balaban J connectivity index is 2.12. The van der Waals surface area contributed by atoms with Crippen molar-refractivity contribution in [1.29, 1.82) is 0 Å². The Hall–Kier alpha value is -2.14. The average molecular weight is 364 g/mol. The van der Waals surface area contributed by atoms with Crippen LogP contribution in [0, 0.1) is 5.82 Å². The summed E-state index contributed by atoms with van der Waals surface area (Å²) in [6, 6.07) is 11.2. The third kappa shape index (κ3) is 4.43. The summed E-state index contributed by atoms with van der Waals surface area (Å²) in [6.45, 7) is 5.99. The number of halogens is 2. The molecule has 0 bridgehead atoms. The number of carbonyl (C=O) groups is 1. The maximum Gasteiger partial charge on any atom is 0.255 e. The Morgan fingerprint density at radius 3 is 2.77 bits per heavy atom. The molecule has 2 rings (SSSR count). The van der Waals surface area contributed by atoms with Crippen molar-refractivity contribution in [3.05, 3.63) is 70.5 Å². The molecule has 0 spiro atoms. The van der Waals surface area contributed by atoms with Gasteiger partial charge < -0.3 is 10.1 Å². The minimum atomic E-state index is -0.502. The van der Waals surface area contributed by atoms with Gasteiger partial charge in [0.25, 0.3) is 5.91 Å². The van der Waals surface area contributed by atoms with E-state index in [-0.39, 0.29) is 5.69 Å². The Morgan fingerprint density at radius 2 is 2.09 bits per heavy atom. The molecule has 1 N–H and O–H groups in total. The standard InChI is InChI=1S/C17H15BrFNO2/c1-11(2)10-22-14-5-3-4-12(8-14)17(21)20-16-7-6-13(18)9-15(16)19/h3-9H,1,10H2,2H3,(H,20,21). The van der Waals surface area contributed by atoms with Crippen molar-refractivity contribution in [2.45, 2.75) is 6.92 Å². The van der Waals surface area contributed by atoms with Crippen LogP contribution in [0.1, 0.15) is 17.3 Å². The van der Waals surface area contributed by atoms with E-state index in [1.165, 1.54) is 12.1 Å². The highest BCUT2D eigenvalue weighted by Crippen LogP contribution is 2.21. The maximum absolute atomic E-state index is 13.7. The van der Waals surface area contributed by atoms with Crippen LogP contribution < -0.4 is 10.1 Å². The molecular weight excluding hydrogens is 349 g/mol. The molecule has 0 atom stereocenters. The van der Waals surface area contributed by atoms with Crippen molar-refractivity contribution in [1.82, 2.24) is 0 Å². The van der Waals surface area contributed by atoms with Crippen LogP contribution in [-0.4, -0.2) is 12.5 Å². The quantitative estimate of drug-likeness (QED) is 0.775. The fourth-order valence-corrected chi connectivity index (χ4v) is 2.05. The molecule has 3 nitrogen and oxygen atoms in total. The number of nitrogens with one attached hydrogen (secondary N) is 1. The molecule has 114 valence electrons. The summed E-state index contributed by atoms with van der Waals surface area (Å²) in [6.07, 6.45) is 0. The van der Waals surface area contributed by atoms with E-state index in [9.17, 15) is 9.18 Å². The predicted molar refractivity (Wildman–Crippen MR) is 88.8 cm³/mol. The van der Waals surface area contributed by atoms with Gasteiger partial charge in [-0.3, -0.25) is 4.79 Å². The summed E-state index contributed by atoms with van der Waals surface area (Å²) >= 11 is 3.17. The lowest BCUT2D eigenvalue weighted by Crippen LogP contribution is -2.13. The summed E-state index contributed by atoms with van der Waals surface area (Å²) in [4.78, 5) is 12.2. The number of amides is 1. The molecule has 0 aromatic heterocycles. The Bertz CT molecular complexity index is 716. The highest BCUT2D eigenvalue weighted by atomic mass is 79.9. The molecule has 0 fully saturated rings. The van der Waals surface area contributed by atoms with Crippen LogP contribution in [0.15, 0.2) is 59.1 Å². The smallest absolute Gasteiger partial charge is 0.255 e. The van der Waals surface area contributed by atoms with Gasteiger partial charge in [0.1, 0.15) is 18.2 Å². The molecule has 0 aliphatic carbocycles. The van der Waals surface area contributed by atoms with Crippen molar-refractivity contribution in [3.63, 3.8) is 0 Å². The first kappa shape index (κ1) is 16.2. The van der Waals surface area contributed by atoms with Gasteiger partial charge in [0.2, 0.25) is 0 Å². The lowest BCUT2D eigenvalue weighted by molar-refractivity contribution is 0.102. The number of ether oxygens (including phenoxy) is 1. The lowest BCUT2D eigenvalue weighted by Gasteiger charge is -2.09. The van der Waals surface area contributed by atoms with E-state index in [1.54, 1.807) is 30.3 Å². The Labute approximate surface area is 136 Å². The van der Waals surface area contributed by atoms with Gasteiger partial charge >= 0.3 is 0 Å². The van der Waals surface area contributed by atoms with Crippen LogP contribution in [0.25, 0.3) is 0 Å². The van der Waals surface area contributed by atoms with Crippen LogP contribution in [0.4, 0.5) is 10.1 Å². The van der Waals surface area contributed by atoms with Crippen LogP contribution in [-0.2, 0) is 0 Å². The second kappa shape index (κ2) is 7.22. The van der Waals surface area contributed by atoms with Crippen LogP contribution in [0.3, 0.4) is 0 Å². The summed E-state index contributed by atoms with van der Waals surface area (Å²) in [5.74, 6) is -0.341. The van der Waals surface area contributed by atoms with E-state index < -0.39 is 11.7 Å². The molecule has 0 aliphatic heterocycles. The first-order valence-corrected chi connectivity index (χ1v) is 7.38. The number of carbonyl (C=O) groups excluding carboxylic acids is 1. The third-order valence-corrected chi connectivity index (χ3v) is 3.25. The second-order valence-electron chi connectivity index (χ2n) is 4.85. The summed E-state index contributed by atoms with van der Waals surface area (Å²) in [5, 5.41) is 2.54. The van der Waals surface area contributed by atoms with Gasteiger partial charge in [-0.05, 0) is 48.9 Å². The largest absolute Gasteiger partial charge is 0.489 e. The van der Waals surface area contributed by atoms with E-state index in [1.807, 2.05) is 6.92 Å². The molecule has 0 aliphatic rings. The zero-order valence-electron chi connectivity index (χ0n) is 12.0. The normalized spacial score (nSPS) is 10.1. The fraction of sp³-hybridized carbons (Fsp3) is 0.118. The van der Waals surface area contributed by atoms with Gasteiger partial charge in [-0.2, -0.15) is 0 Å². The third-order valence-electron chi connectivity index (χ3n) is 2.76. The first-order valence-electron chi connectivity index (χ1n) is 6.59. The molecule has 0 unspecified atom stereocenters. The fourth-order valence-electron chi connectivity index (χ4n) is 1.72. The predicted octanol–water partition coefficient (Wildman–Crippen LogP) is 4.80. The van der Waals surface area contributed by atoms with Gasteiger partial charge in [0.05, 0.1) is 5.69 Å². The van der Waals surface area contributed by atoms with E-state index in [2.05, 4.69) is 27.8 Å². The Kier molecular flexibility index (Phi) is 5.33. The SMILES string of the molecule is C=C(C)COc1cccc(C(=O)Nc2ccc(Br)cc2F)c1. The van der Waals surface area contributed by atoms with Crippen LogP contribution in [0.2, 0.25) is 0 Å². The monoisotopic (exact) mass is 363 g/mol. The number of rotatable bonds is 5. The minimum Gasteiger partial charge on any atom is -0.489 e. The molecule has 2 aromatic carbocycles. The molecule has 2 aromatic rings. The molecule has 1 amide bonds. The van der Waals surface area contributed by atoms with Crippen molar-refractivity contribution in [2.75, 3.05) is 11.9 Å². The first-order chi connectivity index (χ1) is 10.5. The van der Waals surface area contributed by atoms with Crippen LogP contribution >= 0.6 is 15.9 Å². The van der Waals surface area contributed by atoms with Gasteiger partial charge in [0, 0.05) is 10.0 Å². The van der Waals surface area contributed by atoms with Gasteiger partial charge in [-0.1, -0.05) is 28.6 Å². The van der Waals surface area contributed by atoms with E-state index in [0.29, 0.717) is 22.4 Å². The lowest BCUT2D eigenvalue weighted by atomic mass is 10.2. The van der Waals surface area contributed by atoms with Gasteiger partial charge in [-0.25, -0.2) is 4.39 Å². The van der Waals surface area contributed by atoms with Crippen molar-refractivity contribution >= 4 is 27.5 Å². The highest BCUT2D eigenvalue weighted by Gasteiger charge is 2.10. The Morgan fingerprint density at radius 1 is 1.32 bits per heavy atom. The number of anilines is 1. The molecule has 0 saturated carbocycles. The summed E-state index contributed by atoms with van der Waals surface area (Å²) in [7, 11) is 0. The minimum absolute atomic E-state index is 0.126. The number of benzene rings is 2. The topological polar surface area (TPSA) is 38.3 Å². The van der Waals surface area contributed by atoms with Crippen molar-refractivity contribution in [3.8, 4) is 5.75 Å². The zero-order valence-corrected chi connectivity index (χ0v) is 13.6. The number of hydrogen-bond donors (Lipinski definition) is 1. The molecule has 22 heavy (non-hydrogen) atoms. The molecule has 0 heterocycles.